The van der Waals surface area contributed by atoms with Crippen molar-refractivity contribution in [3.8, 4) is 0 Å². The van der Waals surface area contributed by atoms with E-state index in [0.717, 1.165) is 18.0 Å². The van der Waals surface area contributed by atoms with Gasteiger partial charge in [-0.3, -0.25) is 4.90 Å². The standard InChI is InChI=1S/C18H16ClNS/c1-20-8-6-12-2-4-15(19)11-16(12)18(20)14-3-5-17-13(10-14)7-9-21-17/h2-5,7,9-11,18H,6,8H2,1H3. The Hall–Kier alpha value is -1.35. The van der Waals surface area contributed by atoms with E-state index in [2.05, 4.69) is 53.7 Å². The van der Waals surface area contributed by atoms with Crippen LogP contribution in [-0.4, -0.2) is 18.5 Å². The average Bonchev–Trinajstić information content (AvgIpc) is 2.94. The molecule has 1 unspecified atom stereocenters. The molecule has 0 spiro atoms. The number of benzene rings is 2. The van der Waals surface area contributed by atoms with Crippen molar-refractivity contribution in [3.05, 3.63) is 69.6 Å². The maximum absolute atomic E-state index is 6.24. The van der Waals surface area contributed by atoms with Crippen LogP contribution in [0.15, 0.2) is 47.8 Å². The Bertz CT molecular complexity index is 808. The van der Waals surface area contributed by atoms with Crippen LogP contribution in [-0.2, 0) is 6.42 Å². The lowest BCUT2D eigenvalue weighted by Crippen LogP contribution is -2.32. The number of nitrogens with zero attached hydrogens (tertiary/aromatic N) is 1. The smallest absolute Gasteiger partial charge is 0.0602 e. The summed E-state index contributed by atoms with van der Waals surface area (Å²) < 4.78 is 1.35. The van der Waals surface area contributed by atoms with Crippen LogP contribution in [0.2, 0.25) is 5.02 Å². The van der Waals surface area contributed by atoms with E-state index < -0.39 is 0 Å². The van der Waals surface area contributed by atoms with Gasteiger partial charge < -0.3 is 0 Å². The average molecular weight is 314 g/mol. The van der Waals surface area contributed by atoms with Gasteiger partial charge in [0, 0.05) is 16.3 Å². The monoisotopic (exact) mass is 313 g/mol. The lowest BCUT2D eigenvalue weighted by atomic mass is 9.88. The normalized spacial score (nSPS) is 18.9. The molecule has 2 heterocycles. The van der Waals surface area contributed by atoms with Gasteiger partial charge in [-0.2, -0.15) is 0 Å². The highest BCUT2D eigenvalue weighted by atomic mass is 35.5. The molecule has 1 atom stereocenters. The highest BCUT2D eigenvalue weighted by molar-refractivity contribution is 7.17. The van der Waals surface area contributed by atoms with Gasteiger partial charge in [-0.15, -0.1) is 11.3 Å². The second kappa shape index (κ2) is 5.13. The van der Waals surface area contributed by atoms with Gasteiger partial charge in [-0.1, -0.05) is 23.7 Å². The van der Waals surface area contributed by atoms with Crippen LogP contribution < -0.4 is 0 Å². The molecule has 1 aliphatic rings. The second-order valence-electron chi connectivity index (χ2n) is 5.69. The van der Waals surface area contributed by atoms with Gasteiger partial charge in [0.15, 0.2) is 0 Å². The molecule has 21 heavy (non-hydrogen) atoms. The van der Waals surface area contributed by atoms with Gasteiger partial charge in [0.25, 0.3) is 0 Å². The molecule has 3 heteroatoms. The van der Waals surface area contributed by atoms with E-state index in [-0.39, 0.29) is 0 Å². The Kier molecular flexibility index (Phi) is 3.26. The summed E-state index contributed by atoms with van der Waals surface area (Å²) in [6.07, 6.45) is 1.10. The van der Waals surface area contributed by atoms with Gasteiger partial charge in [0.2, 0.25) is 0 Å². The highest BCUT2D eigenvalue weighted by Crippen LogP contribution is 2.37. The number of hydrogen-bond acceptors (Lipinski definition) is 2. The van der Waals surface area contributed by atoms with Crippen LogP contribution in [0, 0.1) is 0 Å². The van der Waals surface area contributed by atoms with E-state index >= 15 is 0 Å². The van der Waals surface area contributed by atoms with E-state index in [1.165, 1.54) is 26.8 Å². The first kappa shape index (κ1) is 13.3. The molecular formula is C18H16ClNS. The van der Waals surface area contributed by atoms with E-state index in [9.17, 15) is 0 Å². The van der Waals surface area contributed by atoms with Crippen molar-refractivity contribution in [1.82, 2.24) is 4.90 Å². The second-order valence-corrected chi connectivity index (χ2v) is 7.08. The fraction of sp³-hybridized carbons (Fsp3) is 0.222. The van der Waals surface area contributed by atoms with Gasteiger partial charge in [0.1, 0.15) is 0 Å². The van der Waals surface area contributed by atoms with Crippen LogP contribution in [0.3, 0.4) is 0 Å². The van der Waals surface area contributed by atoms with Crippen LogP contribution >= 0.6 is 22.9 Å². The minimum absolute atomic E-state index is 0.303. The predicted octanol–water partition coefficient (Wildman–Crippen LogP) is 5.13. The molecule has 2 aromatic carbocycles. The molecule has 0 fully saturated rings. The number of halogens is 1. The molecule has 0 aliphatic carbocycles. The summed E-state index contributed by atoms with van der Waals surface area (Å²) in [6.45, 7) is 1.08. The zero-order valence-electron chi connectivity index (χ0n) is 11.8. The van der Waals surface area contributed by atoms with Gasteiger partial charge in [-0.05, 0) is 71.3 Å². The maximum Gasteiger partial charge on any atom is 0.0602 e. The molecule has 0 saturated heterocycles. The summed E-state index contributed by atoms with van der Waals surface area (Å²) in [4.78, 5) is 2.42. The Labute approximate surface area is 133 Å². The van der Waals surface area contributed by atoms with Crippen molar-refractivity contribution in [2.75, 3.05) is 13.6 Å². The number of fused-ring (bicyclic) bond motifs is 2. The first-order chi connectivity index (χ1) is 10.2. The van der Waals surface area contributed by atoms with E-state index in [0.29, 0.717) is 6.04 Å². The van der Waals surface area contributed by atoms with Crippen molar-refractivity contribution < 1.29 is 0 Å². The van der Waals surface area contributed by atoms with Crippen LogP contribution in [0.5, 0.6) is 0 Å². The third-order valence-corrected chi connectivity index (χ3v) is 5.50. The molecule has 1 aromatic heterocycles. The summed E-state index contributed by atoms with van der Waals surface area (Å²) in [5.41, 5.74) is 4.13. The summed E-state index contributed by atoms with van der Waals surface area (Å²) in [7, 11) is 2.20. The molecule has 0 radical (unpaired) electrons. The fourth-order valence-corrected chi connectivity index (χ4v) is 4.25. The van der Waals surface area contributed by atoms with Crippen LogP contribution in [0.1, 0.15) is 22.7 Å². The molecule has 1 aliphatic heterocycles. The Morgan fingerprint density at radius 1 is 1.14 bits per heavy atom. The zero-order chi connectivity index (χ0) is 14.4. The summed E-state index contributed by atoms with van der Waals surface area (Å²) in [5.74, 6) is 0. The van der Waals surface area contributed by atoms with Crippen molar-refractivity contribution in [1.29, 1.82) is 0 Å². The maximum atomic E-state index is 6.24. The Morgan fingerprint density at radius 3 is 2.95 bits per heavy atom. The lowest BCUT2D eigenvalue weighted by molar-refractivity contribution is 0.265. The molecule has 106 valence electrons. The molecule has 1 nitrogen and oxygen atoms in total. The molecule has 4 rings (SSSR count). The number of thiophene rings is 1. The molecule has 3 aromatic rings. The van der Waals surface area contributed by atoms with Crippen molar-refractivity contribution in [2.24, 2.45) is 0 Å². The molecular weight excluding hydrogens is 298 g/mol. The van der Waals surface area contributed by atoms with Gasteiger partial charge in [0.05, 0.1) is 6.04 Å². The number of rotatable bonds is 1. The molecule has 0 saturated carbocycles. The van der Waals surface area contributed by atoms with Crippen LogP contribution in [0.4, 0.5) is 0 Å². The molecule has 0 N–H and O–H groups in total. The highest BCUT2D eigenvalue weighted by Gasteiger charge is 2.26. The number of hydrogen-bond donors (Lipinski definition) is 0. The first-order valence-corrected chi connectivity index (χ1v) is 8.44. The summed E-state index contributed by atoms with van der Waals surface area (Å²) >= 11 is 8.03. The molecule has 0 bridgehead atoms. The quantitative estimate of drug-likeness (QED) is 0.602. The summed E-state index contributed by atoms with van der Waals surface area (Å²) in [5, 5.41) is 4.31. The minimum atomic E-state index is 0.303. The van der Waals surface area contributed by atoms with Crippen molar-refractivity contribution in [3.63, 3.8) is 0 Å². The van der Waals surface area contributed by atoms with E-state index in [1.807, 2.05) is 6.07 Å². The first-order valence-electron chi connectivity index (χ1n) is 7.18. The minimum Gasteiger partial charge on any atom is -0.295 e. The topological polar surface area (TPSA) is 3.24 Å². The SMILES string of the molecule is CN1CCc2ccc(Cl)cc2C1c1ccc2sccc2c1. The van der Waals surface area contributed by atoms with Crippen molar-refractivity contribution in [2.45, 2.75) is 12.5 Å². The van der Waals surface area contributed by atoms with E-state index in [4.69, 9.17) is 11.6 Å². The number of likely N-dealkylation sites (N-methyl/N-ethyl adjacent to an activating group) is 1. The van der Waals surface area contributed by atoms with Gasteiger partial charge in [-0.25, -0.2) is 0 Å². The summed E-state index contributed by atoms with van der Waals surface area (Å²) in [6, 6.07) is 15.6. The van der Waals surface area contributed by atoms with E-state index in [1.54, 1.807) is 11.3 Å². The lowest BCUT2D eigenvalue weighted by Gasteiger charge is -2.35. The third-order valence-electron chi connectivity index (χ3n) is 4.37. The van der Waals surface area contributed by atoms with Crippen LogP contribution in [0.25, 0.3) is 10.1 Å². The zero-order valence-corrected chi connectivity index (χ0v) is 13.4. The third kappa shape index (κ3) is 2.28. The largest absolute Gasteiger partial charge is 0.295 e. The Morgan fingerprint density at radius 2 is 2.05 bits per heavy atom. The predicted molar refractivity (Wildman–Crippen MR) is 91.5 cm³/mol. The van der Waals surface area contributed by atoms with Crippen molar-refractivity contribution >= 4 is 33.0 Å². The van der Waals surface area contributed by atoms with Gasteiger partial charge >= 0.3 is 0 Å². The molecule has 0 amide bonds. The fourth-order valence-electron chi connectivity index (χ4n) is 3.30. The Balaban J connectivity index is 1.88.